The summed E-state index contributed by atoms with van der Waals surface area (Å²) in [4.78, 5) is 0. The van der Waals surface area contributed by atoms with Gasteiger partial charge in [0.15, 0.2) is 0 Å². The molecule has 0 fully saturated rings. The van der Waals surface area contributed by atoms with Gasteiger partial charge in [-0.1, -0.05) is 48.0 Å². The lowest BCUT2D eigenvalue weighted by Gasteiger charge is -2.07. The molecule has 0 saturated carbocycles. The molecule has 2 heteroatoms. The van der Waals surface area contributed by atoms with Gasteiger partial charge in [0.05, 0.1) is 0 Å². The van der Waals surface area contributed by atoms with Gasteiger partial charge in [0.1, 0.15) is 11.2 Å². The largest absolute Gasteiger partial charge is 0.455 e. The molecule has 1 heterocycles. The Labute approximate surface area is 122 Å². The van der Waals surface area contributed by atoms with Crippen LogP contribution in [0.15, 0.2) is 65.1 Å². The Morgan fingerprint density at radius 1 is 0.810 bits per heavy atom. The van der Waals surface area contributed by atoms with Gasteiger partial charge in [0.2, 0.25) is 0 Å². The summed E-state index contributed by atoms with van der Waals surface area (Å²) in [6.07, 6.45) is 0. The van der Waals surface area contributed by atoms with Crippen molar-refractivity contribution in [2.24, 2.45) is 0 Å². The minimum atomic E-state index is 0.772. The third kappa shape index (κ3) is 1.80. The lowest BCUT2D eigenvalue weighted by atomic mass is 9.99. The van der Waals surface area contributed by atoms with E-state index in [2.05, 4.69) is 37.3 Å². The first-order chi connectivity index (χ1) is 10.2. The van der Waals surface area contributed by atoms with E-state index in [-0.39, 0.29) is 0 Å². The normalized spacial score (nSPS) is 11.3. The number of hydrogen-bond acceptors (Lipinski definition) is 2. The van der Waals surface area contributed by atoms with E-state index < -0.39 is 0 Å². The fourth-order valence-electron chi connectivity index (χ4n) is 2.86. The van der Waals surface area contributed by atoms with Crippen molar-refractivity contribution in [1.82, 2.24) is 0 Å². The SMILES string of the molecule is Cc1ccc(N)c(-c2cccc3c2oc2ccccc23)c1. The monoisotopic (exact) mass is 273 g/mol. The van der Waals surface area contributed by atoms with Gasteiger partial charge in [-0.15, -0.1) is 0 Å². The Bertz CT molecular complexity index is 966. The third-order valence-corrected chi connectivity index (χ3v) is 3.90. The van der Waals surface area contributed by atoms with Gasteiger partial charge < -0.3 is 10.2 Å². The maximum Gasteiger partial charge on any atom is 0.143 e. The lowest BCUT2D eigenvalue weighted by Crippen LogP contribution is -1.91. The van der Waals surface area contributed by atoms with Gasteiger partial charge in [-0.05, 0) is 25.1 Å². The zero-order valence-corrected chi connectivity index (χ0v) is 11.8. The molecule has 3 aromatic carbocycles. The van der Waals surface area contributed by atoms with Crippen molar-refractivity contribution in [1.29, 1.82) is 0 Å². The highest BCUT2D eigenvalue weighted by Crippen LogP contribution is 2.37. The molecule has 2 N–H and O–H groups in total. The van der Waals surface area contributed by atoms with Crippen LogP contribution in [0.25, 0.3) is 33.1 Å². The van der Waals surface area contributed by atoms with Gasteiger partial charge in [0.25, 0.3) is 0 Å². The van der Waals surface area contributed by atoms with Crippen LogP contribution in [0.3, 0.4) is 0 Å². The summed E-state index contributed by atoms with van der Waals surface area (Å²) in [5.41, 5.74) is 12.0. The minimum Gasteiger partial charge on any atom is -0.455 e. The number of para-hydroxylation sites is 2. The number of fused-ring (bicyclic) bond motifs is 3. The van der Waals surface area contributed by atoms with Crippen LogP contribution in [0.4, 0.5) is 5.69 Å². The number of anilines is 1. The fraction of sp³-hybridized carbons (Fsp3) is 0.0526. The van der Waals surface area contributed by atoms with Crippen LogP contribution in [0.1, 0.15) is 5.56 Å². The maximum atomic E-state index is 6.17. The Balaban J connectivity index is 2.12. The molecule has 0 amide bonds. The summed E-state index contributed by atoms with van der Waals surface area (Å²) < 4.78 is 6.08. The highest BCUT2D eigenvalue weighted by molar-refractivity contribution is 6.10. The molecule has 0 spiro atoms. The van der Waals surface area contributed by atoms with Crippen LogP contribution in [-0.4, -0.2) is 0 Å². The number of hydrogen-bond donors (Lipinski definition) is 1. The van der Waals surface area contributed by atoms with E-state index in [4.69, 9.17) is 10.2 Å². The van der Waals surface area contributed by atoms with Crippen molar-refractivity contribution in [3.05, 3.63) is 66.2 Å². The van der Waals surface area contributed by atoms with Crippen LogP contribution in [0.2, 0.25) is 0 Å². The predicted octanol–water partition coefficient (Wildman–Crippen LogP) is 5.14. The van der Waals surface area contributed by atoms with Crippen molar-refractivity contribution in [2.45, 2.75) is 6.92 Å². The van der Waals surface area contributed by atoms with Crippen LogP contribution < -0.4 is 5.73 Å². The van der Waals surface area contributed by atoms with Gasteiger partial charge in [-0.2, -0.15) is 0 Å². The van der Waals surface area contributed by atoms with E-state index in [1.54, 1.807) is 0 Å². The van der Waals surface area contributed by atoms with Crippen molar-refractivity contribution in [2.75, 3.05) is 5.73 Å². The molecule has 0 aliphatic heterocycles. The number of aryl methyl sites for hydroxylation is 1. The van der Waals surface area contributed by atoms with Gasteiger partial charge in [-0.25, -0.2) is 0 Å². The summed E-state index contributed by atoms with van der Waals surface area (Å²) in [6.45, 7) is 2.07. The molecule has 4 aromatic rings. The van der Waals surface area contributed by atoms with Crippen molar-refractivity contribution in [3.63, 3.8) is 0 Å². The van der Waals surface area contributed by atoms with Crippen LogP contribution in [0, 0.1) is 6.92 Å². The number of rotatable bonds is 1. The second-order valence-electron chi connectivity index (χ2n) is 5.37. The second-order valence-corrected chi connectivity index (χ2v) is 5.37. The van der Waals surface area contributed by atoms with Crippen LogP contribution in [0.5, 0.6) is 0 Å². The van der Waals surface area contributed by atoms with Crippen LogP contribution in [-0.2, 0) is 0 Å². The molecule has 4 rings (SSSR count). The summed E-state index contributed by atoms with van der Waals surface area (Å²) >= 11 is 0. The number of benzene rings is 3. The Kier molecular flexibility index (Phi) is 2.51. The molecule has 0 aliphatic carbocycles. The molecular weight excluding hydrogens is 258 g/mol. The topological polar surface area (TPSA) is 39.2 Å². The standard InChI is InChI=1S/C19H15NO/c1-12-9-10-17(20)16(11-12)15-7-4-6-14-13-5-2-3-8-18(13)21-19(14)15/h2-11H,20H2,1H3. The van der Waals surface area contributed by atoms with E-state index in [0.29, 0.717) is 0 Å². The Morgan fingerprint density at radius 3 is 2.52 bits per heavy atom. The highest BCUT2D eigenvalue weighted by atomic mass is 16.3. The molecule has 0 saturated heterocycles. The molecule has 0 unspecified atom stereocenters. The van der Waals surface area contributed by atoms with Gasteiger partial charge >= 0.3 is 0 Å². The highest BCUT2D eigenvalue weighted by Gasteiger charge is 2.13. The van der Waals surface area contributed by atoms with Gasteiger partial charge in [0, 0.05) is 27.6 Å². The fourth-order valence-corrected chi connectivity index (χ4v) is 2.86. The molecule has 21 heavy (non-hydrogen) atoms. The molecule has 2 nitrogen and oxygen atoms in total. The van der Waals surface area contributed by atoms with E-state index in [1.807, 2.05) is 30.3 Å². The van der Waals surface area contributed by atoms with Crippen LogP contribution >= 0.6 is 0 Å². The number of nitrogen functional groups attached to an aromatic ring is 1. The maximum absolute atomic E-state index is 6.17. The summed E-state index contributed by atoms with van der Waals surface area (Å²) in [5, 5.41) is 2.27. The average molecular weight is 273 g/mol. The molecular formula is C19H15NO. The molecule has 0 bridgehead atoms. The smallest absolute Gasteiger partial charge is 0.143 e. The molecule has 0 radical (unpaired) electrons. The zero-order valence-electron chi connectivity index (χ0n) is 11.8. The molecule has 102 valence electrons. The number of nitrogens with two attached hydrogens (primary N) is 1. The average Bonchev–Trinajstić information content (AvgIpc) is 2.88. The quantitative estimate of drug-likeness (QED) is 0.487. The Hall–Kier alpha value is -2.74. The zero-order chi connectivity index (χ0) is 14.4. The van der Waals surface area contributed by atoms with Crippen molar-refractivity contribution in [3.8, 4) is 11.1 Å². The van der Waals surface area contributed by atoms with E-state index in [1.165, 1.54) is 5.56 Å². The summed E-state index contributed by atoms with van der Waals surface area (Å²) in [6, 6.07) is 20.4. The first kappa shape index (κ1) is 12.0. The lowest BCUT2D eigenvalue weighted by molar-refractivity contribution is 0.670. The first-order valence-electron chi connectivity index (χ1n) is 7.01. The van der Waals surface area contributed by atoms with Crippen molar-refractivity contribution < 1.29 is 4.42 Å². The summed E-state index contributed by atoms with van der Waals surface area (Å²) in [7, 11) is 0. The van der Waals surface area contributed by atoms with Gasteiger partial charge in [-0.3, -0.25) is 0 Å². The van der Waals surface area contributed by atoms with E-state index >= 15 is 0 Å². The molecule has 0 atom stereocenters. The minimum absolute atomic E-state index is 0.772. The third-order valence-electron chi connectivity index (χ3n) is 3.90. The summed E-state index contributed by atoms with van der Waals surface area (Å²) in [5.74, 6) is 0. The molecule has 1 aromatic heterocycles. The Morgan fingerprint density at radius 2 is 1.62 bits per heavy atom. The molecule has 0 aliphatic rings. The second kappa shape index (κ2) is 4.38. The van der Waals surface area contributed by atoms with E-state index in [0.717, 1.165) is 38.8 Å². The van der Waals surface area contributed by atoms with Crippen molar-refractivity contribution >= 4 is 27.6 Å². The number of furan rings is 1. The predicted molar refractivity (Wildman–Crippen MR) is 88.3 cm³/mol. The first-order valence-corrected chi connectivity index (χ1v) is 7.01. The van der Waals surface area contributed by atoms with E-state index in [9.17, 15) is 0 Å².